The molecule has 1 aromatic carbocycles. The summed E-state index contributed by atoms with van der Waals surface area (Å²) < 4.78 is 5.78. The number of benzene rings is 1. The first-order valence-corrected chi connectivity index (χ1v) is 9.41. The Morgan fingerprint density at radius 2 is 2.00 bits per heavy atom. The number of nitriles is 1. The predicted molar refractivity (Wildman–Crippen MR) is 100 cm³/mol. The maximum atomic E-state index is 13.1. The number of hydrogen-bond donors (Lipinski definition) is 1. The minimum Gasteiger partial charge on any atom is -0.444 e. The fraction of sp³-hybridized carbons (Fsp3) is 0.238. The van der Waals surface area contributed by atoms with Crippen molar-refractivity contribution in [2.75, 3.05) is 0 Å². The molecule has 1 aliphatic carbocycles. The second-order valence-corrected chi connectivity index (χ2v) is 7.62. The van der Waals surface area contributed by atoms with Gasteiger partial charge in [-0.25, -0.2) is 0 Å². The van der Waals surface area contributed by atoms with Crippen molar-refractivity contribution in [3.8, 4) is 6.07 Å². The Morgan fingerprint density at radius 1 is 1.23 bits per heavy atom. The topological polar surface area (TPSA) is 76.1 Å². The molecule has 0 amide bonds. The van der Waals surface area contributed by atoms with Crippen LogP contribution in [-0.2, 0) is 9.53 Å². The molecule has 1 aromatic heterocycles. The van der Waals surface area contributed by atoms with Crippen LogP contribution < -0.4 is 5.73 Å². The maximum absolute atomic E-state index is 13.1. The third-order valence-electron chi connectivity index (χ3n) is 5.10. The molecule has 2 aromatic rings. The molecule has 4 nitrogen and oxygen atoms in total. The van der Waals surface area contributed by atoms with E-state index in [9.17, 15) is 10.1 Å². The smallest absolute Gasteiger partial charge is 0.205 e. The van der Waals surface area contributed by atoms with Crippen molar-refractivity contribution < 1.29 is 9.53 Å². The molecular formula is C21H18N2O2S. The van der Waals surface area contributed by atoms with Gasteiger partial charge in [-0.1, -0.05) is 30.3 Å². The van der Waals surface area contributed by atoms with E-state index in [2.05, 4.69) is 6.07 Å². The number of aryl methyl sites for hydroxylation is 1. The summed E-state index contributed by atoms with van der Waals surface area (Å²) in [6, 6.07) is 14.2. The normalized spacial score (nSPS) is 22.7. The summed E-state index contributed by atoms with van der Waals surface area (Å²) in [5, 5.41) is 11.6. The predicted octanol–water partition coefficient (Wildman–Crippen LogP) is 4.27. The van der Waals surface area contributed by atoms with Crippen LogP contribution in [0.25, 0.3) is 0 Å². The molecule has 2 heterocycles. The minimum absolute atomic E-state index is 0.0400. The zero-order valence-electron chi connectivity index (χ0n) is 14.4. The van der Waals surface area contributed by atoms with Gasteiger partial charge < -0.3 is 10.5 Å². The second kappa shape index (κ2) is 6.47. The molecular weight excluding hydrogens is 344 g/mol. The Bertz CT molecular complexity index is 979. The summed E-state index contributed by atoms with van der Waals surface area (Å²) in [6.45, 7) is 1.99. The van der Waals surface area contributed by atoms with Crippen LogP contribution in [0.1, 0.15) is 40.7 Å². The molecule has 0 saturated heterocycles. The van der Waals surface area contributed by atoms with Gasteiger partial charge in [-0.05, 0) is 35.4 Å². The van der Waals surface area contributed by atoms with E-state index in [0.717, 1.165) is 16.0 Å². The molecule has 0 fully saturated rings. The number of ether oxygens (including phenoxy) is 1. The van der Waals surface area contributed by atoms with E-state index in [0.29, 0.717) is 29.7 Å². The Morgan fingerprint density at radius 3 is 2.65 bits per heavy atom. The number of nitrogens with zero attached hydrogens (tertiary/aromatic N) is 1. The number of carbonyl (C=O) groups excluding carboxylic acids is 1. The van der Waals surface area contributed by atoms with Crippen molar-refractivity contribution in [3.05, 3.63) is 80.6 Å². The van der Waals surface area contributed by atoms with Crippen LogP contribution >= 0.6 is 11.3 Å². The standard InChI is InChI=1S/C21H18N2O2S/c1-12-7-8-26-20(12)18-15(11-22)21(23)25-17-10-14(9-16(24)19(17)18)13-5-3-2-4-6-13/h2-8,14,18H,9-10,23H2,1H3/t14-,18-/m0/s1. The van der Waals surface area contributed by atoms with Crippen LogP contribution in [0.5, 0.6) is 0 Å². The van der Waals surface area contributed by atoms with Crippen LogP contribution in [0.15, 0.2) is 64.6 Å². The van der Waals surface area contributed by atoms with Gasteiger partial charge in [-0.2, -0.15) is 5.26 Å². The number of nitrogens with two attached hydrogens (primary N) is 1. The van der Waals surface area contributed by atoms with E-state index in [1.807, 2.05) is 48.7 Å². The second-order valence-electron chi connectivity index (χ2n) is 6.67. The fourth-order valence-corrected chi connectivity index (χ4v) is 4.86. The Kier molecular flexibility index (Phi) is 4.14. The lowest BCUT2D eigenvalue weighted by atomic mass is 9.75. The van der Waals surface area contributed by atoms with E-state index >= 15 is 0 Å². The van der Waals surface area contributed by atoms with Crippen LogP contribution in [0, 0.1) is 18.3 Å². The molecule has 0 bridgehead atoms. The number of carbonyl (C=O) groups is 1. The van der Waals surface area contributed by atoms with Gasteiger partial charge in [0, 0.05) is 23.3 Å². The van der Waals surface area contributed by atoms with Crippen molar-refractivity contribution in [2.24, 2.45) is 5.73 Å². The van der Waals surface area contributed by atoms with Crippen molar-refractivity contribution in [2.45, 2.75) is 31.6 Å². The van der Waals surface area contributed by atoms with Crippen molar-refractivity contribution >= 4 is 17.1 Å². The summed E-state index contributed by atoms with van der Waals surface area (Å²) in [6.07, 6.45) is 1.04. The van der Waals surface area contributed by atoms with Gasteiger partial charge in [0.05, 0.1) is 5.92 Å². The molecule has 1 aliphatic heterocycles. The first-order chi connectivity index (χ1) is 12.6. The van der Waals surface area contributed by atoms with E-state index < -0.39 is 5.92 Å². The number of rotatable bonds is 2. The molecule has 0 unspecified atom stereocenters. The van der Waals surface area contributed by atoms with Crippen LogP contribution in [0.4, 0.5) is 0 Å². The highest BCUT2D eigenvalue weighted by atomic mass is 32.1. The maximum Gasteiger partial charge on any atom is 0.205 e. The number of ketones is 1. The highest BCUT2D eigenvalue weighted by molar-refractivity contribution is 7.10. The monoisotopic (exact) mass is 362 g/mol. The minimum atomic E-state index is -0.409. The SMILES string of the molecule is Cc1ccsc1[C@H]1C(C#N)=C(N)OC2=C1C(=O)C[C@H](c1ccccc1)C2. The van der Waals surface area contributed by atoms with Gasteiger partial charge in [-0.3, -0.25) is 4.79 Å². The molecule has 2 atom stereocenters. The molecule has 26 heavy (non-hydrogen) atoms. The molecule has 0 spiro atoms. The summed E-state index contributed by atoms with van der Waals surface area (Å²) in [5.41, 5.74) is 9.19. The lowest BCUT2D eigenvalue weighted by Crippen LogP contribution is -2.29. The third kappa shape index (κ3) is 2.63. The highest BCUT2D eigenvalue weighted by Crippen LogP contribution is 2.48. The average Bonchev–Trinajstić information content (AvgIpc) is 3.06. The first-order valence-electron chi connectivity index (χ1n) is 8.53. The highest BCUT2D eigenvalue weighted by Gasteiger charge is 2.41. The summed E-state index contributed by atoms with van der Waals surface area (Å²) in [4.78, 5) is 14.1. The van der Waals surface area contributed by atoms with Gasteiger partial charge in [-0.15, -0.1) is 11.3 Å². The zero-order chi connectivity index (χ0) is 18.3. The molecule has 130 valence electrons. The van der Waals surface area contributed by atoms with Crippen molar-refractivity contribution in [1.29, 1.82) is 5.26 Å². The van der Waals surface area contributed by atoms with Crippen molar-refractivity contribution in [1.82, 2.24) is 0 Å². The Balaban J connectivity index is 1.80. The van der Waals surface area contributed by atoms with Gasteiger partial charge in [0.25, 0.3) is 0 Å². The number of Topliss-reactive ketones (excluding diaryl/α,β-unsaturated/α-hetero) is 1. The fourth-order valence-electron chi connectivity index (χ4n) is 3.81. The van der Waals surface area contributed by atoms with Crippen LogP contribution in [-0.4, -0.2) is 5.78 Å². The summed E-state index contributed by atoms with van der Waals surface area (Å²) >= 11 is 1.55. The van der Waals surface area contributed by atoms with E-state index in [4.69, 9.17) is 10.5 Å². The summed E-state index contributed by atoms with van der Waals surface area (Å²) in [5.74, 6) is 0.435. The lowest BCUT2D eigenvalue weighted by Gasteiger charge is -2.33. The Labute approximate surface area is 156 Å². The summed E-state index contributed by atoms with van der Waals surface area (Å²) in [7, 11) is 0. The molecule has 0 radical (unpaired) electrons. The molecule has 2 aliphatic rings. The molecule has 0 saturated carbocycles. The van der Waals surface area contributed by atoms with Crippen molar-refractivity contribution in [3.63, 3.8) is 0 Å². The van der Waals surface area contributed by atoms with Gasteiger partial charge in [0.2, 0.25) is 5.88 Å². The van der Waals surface area contributed by atoms with Gasteiger partial charge in [0.1, 0.15) is 17.4 Å². The number of hydrogen-bond acceptors (Lipinski definition) is 5. The average molecular weight is 362 g/mol. The molecule has 4 rings (SSSR count). The van der Waals surface area contributed by atoms with Crippen LogP contribution in [0.2, 0.25) is 0 Å². The molecule has 2 N–H and O–H groups in total. The van der Waals surface area contributed by atoms with Gasteiger partial charge in [0.15, 0.2) is 5.78 Å². The van der Waals surface area contributed by atoms with Gasteiger partial charge >= 0.3 is 0 Å². The largest absolute Gasteiger partial charge is 0.444 e. The van der Waals surface area contributed by atoms with E-state index in [1.54, 1.807) is 11.3 Å². The first kappa shape index (κ1) is 16.6. The third-order valence-corrected chi connectivity index (χ3v) is 6.18. The van der Waals surface area contributed by atoms with E-state index in [-0.39, 0.29) is 17.6 Å². The number of thiophene rings is 1. The lowest BCUT2D eigenvalue weighted by molar-refractivity contribution is -0.117. The quantitative estimate of drug-likeness (QED) is 0.866. The number of allylic oxidation sites excluding steroid dienone is 3. The zero-order valence-corrected chi connectivity index (χ0v) is 15.2. The van der Waals surface area contributed by atoms with Crippen LogP contribution in [0.3, 0.4) is 0 Å². The Hall–Kier alpha value is -2.84. The molecule has 5 heteroatoms. The van der Waals surface area contributed by atoms with E-state index in [1.165, 1.54) is 0 Å².